The summed E-state index contributed by atoms with van der Waals surface area (Å²) in [6.07, 6.45) is 2.52. The first kappa shape index (κ1) is 23.0. The van der Waals surface area contributed by atoms with Gasteiger partial charge in [0.2, 0.25) is 0 Å². The number of anilines is 1. The number of amides is 1. The van der Waals surface area contributed by atoms with Gasteiger partial charge in [0.15, 0.2) is 0 Å². The van der Waals surface area contributed by atoms with E-state index in [1.807, 2.05) is 30.3 Å². The van der Waals surface area contributed by atoms with E-state index in [-0.39, 0.29) is 5.91 Å². The van der Waals surface area contributed by atoms with Crippen LogP contribution < -0.4 is 10.1 Å². The number of hydrogen-bond acceptors (Lipinski definition) is 3. The Morgan fingerprint density at radius 2 is 1.63 bits per heavy atom. The van der Waals surface area contributed by atoms with Gasteiger partial charge >= 0.3 is 0 Å². The Bertz CT molecular complexity index is 1340. The Morgan fingerprint density at radius 1 is 0.886 bits per heavy atom. The molecule has 1 aliphatic rings. The predicted molar refractivity (Wildman–Crippen MR) is 146 cm³/mol. The Hall–Kier alpha value is -3.76. The Morgan fingerprint density at radius 3 is 2.40 bits per heavy atom. The van der Waals surface area contributed by atoms with Gasteiger partial charge in [-0.3, -0.25) is 4.79 Å². The lowest BCUT2D eigenvalue weighted by Gasteiger charge is -2.09. The second kappa shape index (κ2) is 10.7. The second-order valence-electron chi connectivity index (χ2n) is 8.64. The molecule has 1 aliphatic heterocycles. The number of benzene rings is 4. The zero-order chi connectivity index (χ0) is 24.0. The molecule has 0 spiro atoms. The van der Waals surface area contributed by atoms with Crippen LogP contribution in [0.15, 0.2) is 108 Å². The topological polar surface area (TPSA) is 38.3 Å². The summed E-state index contributed by atoms with van der Waals surface area (Å²) in [6, 6.07) is 33.1. The fourth-order valence-corrected chi connectivity index (χ4v) is 4.88. The Labute approximate surface area is 210 Å². The lowest BCUT2D eigenvalue weighted by molar-refractivity contribution is -0.113. The zero-order valence-corrected chi connectivity index (χ0v) is 20.5. The molecule has 4 aromatic rings. The van der Waals surface area contributed by atoms with Crippen LogP contribution in [0.4, 0.5) is 5.69 Å². The summed E-state index contributed by atoms with van der Waals surface area (Å²) >= 11 is 1.80. The monoisotopic (exact) mass is 477 g/mol. The molecule has 1 N–H and O–H groups in total. The fourth-order valence-electron chi connectivity index (χ4n) is 4.01. The van der Waals surface area contributed by atoms with Gasteiger partial charge in [0.25, 0.3) is 5.91 Å². The Kier molecular flexibility index (Phi) is 7.01. The van der Waals surface area contributed by atoms with E-state index in [0.29, 0.717) is 18.6 Å². The largest absolute Gasteiger partial charge is 0.493 e. The molecule has 4 aromatic carbocycles. The maximum Gasteiger partial charge on any atom is 0.251 e. The molecule has 0 saturated heterocycles. The third kappa shape index (κ3) is 5.84. The van der Waals surface area contributed by atoms with E-state index >= 15 is 0 Å². The van der Waals surface area contributed by atoms with Crippen LogP contribution in [-0.2, 0) is 10.5 Å². The van der Waals surface area contributed by atoms with Gasteiger partial charge < -0.3 is 10.1 Å². The molecule has 35 heavy (non-hydrogen) atoms. The smallest absolute Gasteiger partial charge is 0.251 e. The van der Waals surface area contributed by atoms with E-state index in [0.717, 1.165) is 33.9 Å². The van der Waals surface area contributed by atoms with E-state index in [2.05, 4.69) is 85.0 Å². The molecular formula is C31H27NO2S. The molecule has 0 radical (unpaired) electrons. The minimum atomic E-state index is -0.0893. The quantitative estimate of drug-likeness (QED) is 0.288. The highest BCUT2D eigenvalue weighted by Crippen LogP contribution is 2.31. The molecule has 0 fully saturated rings. The summed E-state index contributed by atoms with van der Waals surface area (Å²) in [5.41, 5.74) is 7.14. The van der Waals surface area contributed by atoms with Crippen molar-refractivity contribution < 1.29 is 9.53 Å². The number of fused-ring (bicyclic) bond motifs is 1. The summed E-state index contributed by atoms with van der Waals surface area (Å²) in [6.45, 7) is 2.56. The fraction of sp³-hybridized carbons (Fsp3) is 0.129. The van der Waals surface area contributed by atoms with Crippen molar-refractivity contribution in [1.82, 2.24) is 0 Å². The lowest BCUT2D eigenvalue weighted by atomic mass is 10.00. The average molecular weight is 478 g/mol. The molecule has 1 heterocycles. The van der Waals surface area contributed by atoms with Gasteiger partial charge in [-0.15, -0.1) is 11.8 Å². The molecule has 0 unspecified atom stereocenters. The van der Waals surface area contributed by atoms with Crippen LogP contribution in [0.25, 0.3) is 17.2 Å². The molecule has 174 valence electrons. The highest BCUT2D eigenvalue weighted by Gasteiger charge is 2.16. The number of nitrogens with one attached hydrogen (secondary N) is 1. The summed E-state index contributed by atoms with van der Waals surface area (Å²) in [7, 11) is 0. The lowest BCUT2D eigenvalue weighted by Crippen LogP contribution is -2.15. The minimum absolute atomic E-state index is 0.0893. The molecular weight excluding hydrogens is 450 g/mol. The van der Waals surface area contributed by atoms with Gasteiger partial charge in [-0.05, 0) is 66.1 Å². The number of aryl methyl sites for hydroxylation is 1. The summed E-state index contributed by atoms with van der Waals surface area (Å²) in [5, 5.41) is 3.05. The van der Waals surface area contributed by atoms with Gasteiger partial charge in [-0.1, -0.05) is 66.2 Å². The molecule has 4 heteroatoms. The second-order valence-corrected chi connectivity index (χ2v) is 9.69. The summed E-state index contributed by atoms with van der Waals surface area (Å²) in [5.74, 6) is 1.61. The average Bonchev–Trinajstić information content (AvgIpc) is 3.11. The van der Waals surface area contributed by atoms with Crippen molar-refractivity contribution in [2.45, 2.75) is 24.0 Å². The van der Waals surface area contributed by atoms with Crippen LogP contribution in [0, 0.1) is 6.92 Å². The molecule has 5 rings (SSSR count). The number of thioether (sulfide) groups is 1. The first-order chi connectivity index (χ1) is 17.1. The van der Waals surface area contributed by atoms with Crippen LogP contribution in [0.1, 0.15) is 23.1 Å². The molecule has 0 aromatic heterocycles. The van der Waals surface area contributed by atoms with Crippen molar-refractivity contribution in [3.05, 3.63) is 119 Å². The third-order valence-electron chi connectivity index (χ3n) is 6.01. The third-order valence-corrected chi connectivity index (χ3v) is 7.09. The Balaban J connectivity index is 1.28. The molecule has 0 atom stereocenters. The molecule has 0 saturated carbocycles. The molecule has 0 bridgehead atoms. The van der Waals surface area contributed by atoms with Crippen molar-refractivity contribution in [2.24, 2.45) is 0 Å². The van der Waals surface area contributed by atoms with Crippen molar-refractivity contribution in [2.75, 3.05) is 11.9 Å². The van der Waals surface area contributed by atoms with E-state index in [9.17, 15) is 4.79 Å². The van der Waals surface area contributed by atoms with Crippen molar-refractivity contribution >= 4 is 29.4 Å². The minimum Gasteiger partial charge on any atom is -0.493 e. The predicted octanol–water partition coefficient (Wildman–Crippen LogP) is 7.76. The van der Waals surface area contributed by atoms with Gasteiger partial charge in [0, 0.05) is 33.9 Å². The number of carbonyl (C=O) groups excluding carboxylic acids is 1. The van der Waals surface area contributed by atoms with Crippen molar-refractivity contribution in [3.63, 3.8) is 0 Å². The van der Waals surface area contributed by atoms with Crippen LogP contribution in [0.5, 0.6) is 5.75 Å². The number of rotatable bonds is 6. The number of ether oxygens (including phenoxy) is 1. The van der Waals surface area contributed by atoms with Gasteiger partial charge in [-0.25, -0.2) is 0 Å². The van der Waals surface area contributed by atoms with Gasteiger partial charge in [-0.2, -0.15) is 0 Å². The SMILES string of the molecule is Cc1ccc(-c2ccc3c(c2)C=C(C(=O)Nc2ccc(CSc4ccccc4)cc2)CCO3)cc1. The standard InChI is InChI=1S/C31H27NO2S/c1-22-7-11-24(12-8-22)25-13-16-30-27(19-25)20-26(17-18-34-30)31(33)32-28-14-9-23(10-15-28)21-35-29-5-3-2-4-6-29/h2-16,19-20H,17-18,21H2,1H3,(H,32,33). The van der Waals surface area contributed by atoms with Crippen molar-refractivity contribution in [3.8, 4) is 16.9 Å². The summed E-state index contributed by atoms with van der Waals surface area (Å²) < 4.78 is 5.93. The zero-order valence-electron chi connectivity index (χ0n) is 19.7. The van der Waals surface area contributed by atoms with Crippen LogP contribution in [0.3, 0.4) is 0 Å². The maximum absolute atomic E-state index is 13.1. The molecule has 0 aliphatic carbocycles. The van der Waals surface area contributed by atoms with Gasteiger partial charge in [0.1, 0.15) is 5.75 Å². The van der Waals surface area contributed by atoms with Crippen LogP contribution >= 0.6 is 11.8 Å². The van der Waals surface area contributed by atoms with Crippen LogP contribution in [0.2, 0.25) is 0 Å². The highest BCUT2D eigenvalue weighted by atomic mass is 32.2. The van der Waals surface area contributed by atoms with E-state index < -0.39 is 0 Å². The molecule has 1 amide bonds. The van der Waals surface area contributed by atoms with E-state index in [4.69, 9.17) is 4.74 Å². The normalized spacial score (nSPS) is 12.7. The van der Waals surface area contributed by atoms with Crippen molar-refractivity contribution in [1.29, 1.82) is 0 Å². The highest BCUT2D eigenvalue weighted by molar-refractivity contribution is 7.98. The number of hydrogen-bond donors (Lipinski definition) is 1. The number of carbonyl (C=O) groups is 1. The summed E-state index contributed by atoms with van der Waals surface area (Å²) in [4.78, 5) is 14.3. The van der Waals surface area contributed by atoms with Crippen LogP contribution in [-0.4, -0.2) is 12.5 Å². The first-order valence-corrected chi connectivity index (χ1v) is 12.8. The van der Waals surface area contributed by atoms with E-state index in [1.54, 1.807) is 11.8 Å². The molecule has 3 nitrogen and oxygen atoms in total. The van der Waals surface area contributed by atoms with E-state index in [1.165, 1.54) is 16.0 Å². The van der Waals surface area contributed by atoms with Gasteiger partial charge in [0.05, 0.1) is 6.61 Å². The first-order valence-electron chi connectivity index (χ1n) is 11.8. The maximum atomic E-state index is 13.1.